The largest absolute Gasteiger partial charge is 0.494 e. The third-order valence-corrected chi connectivity index (χ3v) is 3.61. The van der Waals surface area contributed by atoms with Gasteiger partial charge in [-0.1, -0.05) is 12.1 Å². The number of nitrogens with one attached hydrogen (secondary N) is 2. The van der Waals surface area contributed by atoms with Crippen molar-refractivity contribution in [2.45, 2.75) is 40.2 Å². The second-order valence-corrected chi connectivity index (χ2v) is 5.52. The Hall–Kier alpha value is -3.03. The second-order valence-electron chi connectivity index (χ2n) is 5.52. The van der Waals surface area contributed by atoms with Crippen molar-refractivity contribution in [3.63, 3.8) is 0 Å². The minimum atomic E-state index is -0.803. The molecule has 140 valence electrons. The van der Waals surface area contributed by atoms with E-state index in [-0.39, 0.29) is 0 Å². The number of aromatic nitrogens is 1. The number of hydrazine groups is 1. The standard InChI is InChI=1S/C18H23N3O5/c1-5-15-16(11(3)26-21-15)18(23)20-19-17(22)12(4)25-14-9-7-13(8-10-14)24-6-2/h7-10,12H,5-6H2,1-4H3,(H,19,22)(H,20,23)/t12-/m1/s1. The maximum absolute atomic E-state index is 12.2. The minimum absolute atomic E-state index is 0.327. The van der Waals surface area contributed by atoms with Gasteiger partial charge in [0.1, 0.15) is 22.8 Å². The lowest BCUT2D eigenvalue weighted by Crippen LogP contribution is -2.47. The van der Waals surface area contributed by atoms with Gasteiger partial charge in [0.2, 0.25) is 0 Å². The van der Waals surface area contributed by atoms with Crippen molar-refractivity contribution in [1.29, 1.82) is 0 Å². The first-order valence-corrected chi connectivity index (χ1v) is 8.41. The first-order valence-electron chi connectivity index (χ1n) is 8.41. The number of amides is 2. The molecule has 2 N–H and O–H groups in total. The molecule has 0 aliphatic carbocycles. The summed E-state index contributed by atoms with van der Waals surface area (Å²) in [5.41, 5.74) is 5.56. The molecular formula is C18H23N3O5. The van der Waals surface area contributed by atoms with Gasteiger partial charge in [0.05, 0.1) is 12.3 Å². The lowest BCUT2D eigenvalue weighted by molar-refractivity contribution is -0.128. The van der Waals surface area contributed by atoms with E-state index in [9.17, 15) is 9.59 Å². The molecule has 0 aliphatic heterocycles. The van der Waals surface area contributed by atoms with Crippen LogP contribution in [-0.2, 0) is 11.2 Å². The fraction of sp³-hybridized carbons (Fsp3) is 0.389. The Morgan fingerprint density at radius 2 is 1.81 bits per heavy atom. The van der Waals surface area contributed by atoms with Crippen LogP contribution >= 0.6 is 0 Å². The normalized spacial score (nSPS) is 11.5. The third kappa shape index (κ3) is 4.75. The molecule has 26 heavy (non-hydrogen) atoms. The van der Waals surface area contributed by atoms with Crippen LogP contribution in [0.25, 0.3) is 0 Å². The quantitative estimate of drug-likeness (QED) is 0.733. The summed E-state index contributed by atoms with van der Waals surface area (Å²) in [4.78, 5) is 24.3. The molecular weight excluding hydrogens is 338 g/mol. The smallest absolute Gasteiger partial charge is 0.279 e. The molecule has 0 radical (unpaired) electrons. The highest BCUT2D eigenvalue weighted by atomic mass is 16.5. The van der Waals surface area contributed by atoms with Crippen LogP contribution in [0.4, 0.5) is 0 Å². The molecule has 8 heteroatoms. The van der Waals surface area contributed by atoms with Gasteiger partial charge >= 0.3 is 0 Å². The maximum atomic E-state index is 12.2. The summed E-state index contributed by atoms with van der Waals surface area (Å²) in [6.45, 7) is 7.56. The summed E-state index contributed by atoms with van der Waals surface area (Å²) in [7, 11) is 0. The summed E-state index contributed by atoms with van der Waals surface area (Å²) >= 11 is 0. The summed E-state index contributed by atoms with van der Waals surface area (Å²) in [5.74, 6) is 0.666. The average molecular weight is 361 g/mol. The molecule has 0 aliphatic rings. The number of carbonyl (C=O) groups excluding carboxylic acids is 2. The molecule has 0 fully saturated rings. The van der Waals surface area contributed by atoms with E-state index < -0.39 is 17.9 Å². The summed E-state index contributed by atoms with van der Waals surface area (Å²) < 4.78 is 15.9. The minimum Gasteiger partial charge on any atom is -0.494 e. The predicted molar refractivity (Wildman–Crippen MR) is 93.9 cm³/mol. The van der Waals surface area contributed by atoms with Crippen molar-refractivity contribution in [2.24, 2.45) is 0 Å². The molecule has 0 unspecified atom stereocenters. The van der Waals surface area contributed by atoms with Crippen LogP contribution in [-0.4, -0.2) is 29.7 Å². The van der Waals surface area contributed by atoms with E-state index in [1.54, 1.807) is 38.1 Å². The first-order chi connectivity index (χ1) is 12.5. The molecule has 8 nitrogen and oxygen atoms in total. The Labute approximate surface area is 151 Å². The second kappa shape index (κ2) is 8.89. The zero-order valence-corrected chi connectivity index (χ0v) is 15.3. The van der Waals surface area contributed by atoms with E-state index in [0.29, 0.717) is 35.8 Å². The molecule has 2 amide bonds. The Kier molecular flexibility index (Phi) is 6.60. The summed E-state index contributed by atoms with van der Waals surface area (Å²) in [5, 5.41) is 3.81. The number of benzene rings is 1. The molecule has 0 saturated heterocycles. The van der Waals surface area contributed by atoms with Crippen LogP contribution in [0.15, 0.2) is 28.8 Å². The van der Waals surface area contributed by atoms with Gasteiger partial charge in [-0.05, 0) is 51.5 Å². The van der Waals surface area contributed by atoms with E-state index in [1.165, 1.54) is 0 Å². The molecule has 0 saturated carbocycles. The molecule has 1 aromatic heterocycles. The number of ether oxygens (including phenoxy) is 2. The molecule has 1 aromatic carbocycles. The van der Waals surface area contributed by atoms with Crippen LogP contribution in [0.2, 0.25) is 0 Å². The van der Waals surface area contributed by atoms with Crippen molar-refractivity contribution >= 4 is 11.8 Å². The fourth-order valence-corrected chi connectivity index (χ4v) is 2.27. The fourth-order valence-electron chi connectivity index (χ4n) is 2.27. The SMILES string of the molecule is CCOc1ccc(O[C@H](C)C(=O)NNC(=O)c2c(CC)noc2C)cc1. The van der Waals surface area contributed by atoms with E-state index in [1.807, 2.05) is 13.8 Å². The van der Waals surface area contributed by atoms with Crippen LogP contribution in [0.1, 0.15) is 42.6 Å². The molecule has 2 rings (SSSR count). The third-order valence-electron chi connectivity index (χ3n) is 3.61. The van der Waals surface area contributed by atoms with Gasteiger partial charge in [-0.3, -0.25) is 20.4 Å². The van der Waals surface area contributed by atoms with E-state index in [4.69, 9.17) is 14.0 Å². The zero-order valence-electron chi connectivity index (χ0n) is 15.3. The first kappa shape index (κ1) is 19.3. The van der Waals surface area contributed by atoms with Crippen molar-refractivity contribution in [3.8, 4) is 11.5 Å². The van der Waals surface area contributed by atoms with Gasteiger partial charge in [0, 0.05) is 0 Å². The van der Waals surface area contributed by atoms with Crippen LogP contribution in [0, 0.1) is 6.92 Å². The monoisotopic (exact) mass is 361 g/mol. The van der Waals surface area contributed by atoms with Crippen LogP contribution in [0.5, 0.6) is 11.5 Å². The molecule has 1 atom stereocenters. The van der Waals surface area contributed by atoms with Crippen LogP contribution < -0.4 is 20.3 Å². The topological polar surface area (TPSA) is 103 Å². The van der Waals surface area contributed by atoms with Gasteiger partial charge in [-0.15, -0.1) is 0 Å². The van der Waals surface area contributed by atoms with Gasteiger partial charge in [0.25, 0.3) is 11.8 Å². The summed E-state index contributed by atoms with van der Waals surface area (Å²) in [6, 6.07) is 6.93. The van der Waals surface area contributed by atoms with E-state index in [2.05, 4.69) is 16.0 Å². The highest BCUT2D eigenvalue weighted by Crippen LogP contribution is 2.18. The Morgan fingerprint density at radius 1 is 1.15 bits per heavy atom. The van der Waals surface area contributed by atoms with Crippen molar-refractivity contribution < 1.29 is 23.6 Å². The van der Waals surface area contributed by atoms with E-state index in [0.717, 1.165) is 5.75 Å². The van der Waals surface area contributed by atoms with Crippen LogP contribution in [0.3, 0.4) is 0 Å². The number of aryl methyl sites for hydroxylation is 2. The van der Waals surface area contributed by atoms with Crippen molar-refractivity contribution in [3.05, 3.63) is 41.3 Å². The number of hydrogen-bond acceptors (Lipinski definition) is 6. The Bertz CT molecular complexity index is 755. The van der Waals surface area contributed by atoms with Gasteiger partial charge < -0.3 is 14.0 Å². The summed E-state index contributed by atoms with van der Waals surface area (Å²) in [6.07, 6.45) is -0.256. The highest BCUT2D eigenvalue weighted by Gasteiger charge is 2.21. The maximum Gasteiger partial charge on any atom is 0.279 e. The van der Waals surface area contributed by atoms with Gasteiger partial charge in [0.15, 0.2) is 6.10 Å². The molecule has 0 bridgehead atoms. The zero-order chi connectivity index (χ0) is 19.1. The number of hydrogen-bond donors (Lipinski definition) is 2. The lowest BCUT2D eigenvalue weighted by Gasteiger charge is -2.15. The number of rotatable bonds is 7. The lowest BCUT2D eigenvalue weighted by atomic mass is 10.1. The van der Waals surface area contributed by atoms with Gasteiger partial charge in [-0.2, -0.15) is 0 Å². The number of carbonyl (C=O) groups is 2. The highest BCUT2D eigenvalue weighted by molar-refractivity contribution is 5.97. The van der Waals surface area contributed by atoms with Crippen molar-refractivity contribution in [2.75, 3.05) is 6.61 Å². The Balaban J connectivity index is 1.88. The molecule has 1 heterocycles. The van der Waals surface area contributed by atoms with E-state index >= 15 is 0 Å². The predicted octanol–water partition coefficient (Wildman–Crippen LogP) is 2.17. The Morgan fingerprint density at radius 3 is 2.42 bits per heavy atom. The average Bonchev–Trinajstić information content (AvgIpc) is 3.02. The number of nitrogens with zero attached hydrogens (tertiary/aromatic N) is 1. The molecule has 0 spiro atoms. The van der Waals surface area contributed by atoms with Crippen molar-refractivity contribution in [1.82, 2.24) is 16.0 Å². The molecule has 2 aromatic rings. The van der Waals surface area contributed by atoms with Gasteiger partial charge in [-0.25, -0.2) is 0 Å².